The zero-order chi connectivity index (χ0) is 19.4. The van der Waals surface area contributed by atoms with E-state index in [1.807, 2.05) is 38.1 Å². The number of hydrogen-bond donors (Lipinski definition) is 0. The summed E-state index contributed by atoms with van der Waals surface area (Å²) >= 11 is 0. The van der Waals surface area contributed by atoms with Crippen molar-refractivity contribution in [2.24, 2.45) is 0 Å². The number of ether oxygens (including phenoxy) is 1. The average Bonchev–Trinajstić information content (AvgIpc) is 2.64. The minimum atomic E-state index is -0.830. The van der Waals surface area contributed by atoms with Gasteiger partial charge < -0.3 is 4.74 Å². The largest absolute Gasteiger partial charge is 0.488 e. The van der Waals surface area contributed by atoms with Crippen LogP contribution in [0.15, 0.2) is 54.6 Å². The highest BCUT2D eigenvalue weighted by Gasteiger charge is 2.16. The highest BCUT2D eigenvalue weighted by atomic mass is 19.1. The van der Waals surface area contributed by atoms with Crippen molar-refractivity contribution < 1.29 is 17.9 Å². The van der Waals surface area contributed by atoms with Gasteiger partial charge in [-0.25, -0.2) is 13.2 Å². The van der Waals surface area contributed by atoms with Crippen molar-refractivity contribution in [3.05, 3.63) is 77.6 Å². The van der Waals surface area contributed by atoms with E-state index in [4.69, 9.17) is 4.74 Å². The summed E-state index contributed by atoms with van der Waals surface area (Å²) in [6.45, 7) is 4.18. The molecule has 3 aromatic carbocycles. The predicted octanol–water partition coefficient (Wildman–Crippen LogP) is 6.93. The van der Waals surface area contributed by atoms with Crippen LogP contribution in [0.25, 0.3) is 22.3 Å². The fourth-order valence-electron chi connectivity index (χ4n) is 2.85. The first-order valence-corrected chi connectivity index (χ1v) is 8.98. The van der Waals surface area contributed by atoms with E-state index in [0.29, 0.717) is 12.0 Å². The lowest BCUT2D eigenvalue weighted by Gasteiger charge is -2.11. The molecule has 4 heteroatoms. The van der Waals surface area contributed by atoms with Crippen molar-refractivity contribution >= 4 is 0 Å². The van der Waals surface area contributed by atoms with Crippen LogP contribution < -0.4 is 4.74 Å². The Balaban J connectivity index is 1.91. The van der Waals surface area contributed by atoms with Gasteiger partial charge in [-0.05, 0) is 48.2 Å². The van der Waals surface area contributed by atoms with E-state index >= 15 is 0 Å². The Hall–Kier alpha value is -2.75. The molecule has 0 aliphatic carbocycles. The van der Waals surface area contributed by atoms with Crippen molar-refractivity contribution in [1.82, 2.24) is 0 Å². The number of rotatable bonds is 6. The topological polar surface area (TPSA) is 9.23 Å². The highest BCUT2D eigenvalue weighted by Crippen LogP contribution is 2.32. The van der Waals surface area contributed by atoms with Gasteiger partial charge in [-0.3, -0.25) is 0 Å². The standard InChI is InChI=1S/C23H21F3O/c1-3-4-11-27-23-21(25)13-18(14-22(23)26)19-10-9-17(12-20(19)24)16-7-5-15(2)6-8-16/h5-10,12-14H,3-4,11H2,1-2H3. The second kappa shape index (κ2) is 8.30. The Morgan fingerprint density at radius 1 is 0.741 bits per heavy atom. The monoisotopic (exact) mass is 370 g/mol. The third kappa shape index (κ3) is 4.33. The van der Waals surface area contributed by atoms with Crippen LogP contribution in [0.2, 0.25) is 0 Å². The maximum absolute atomic E-state index is 14.6. The molecule has 0 spiro atoms. The van der Waals surface area contributed by atoms with Gasteiger partial charge in [0.2, 0.25) is 0 Å². The molecule has 3 rings (SSSR count). The normalized spacial score (nSPS) is 10.9. The lowest BCUT2D eigenvalue weighted by Crippen LogP contribution is -2.02. The van der Waals surface area contributed by atoms with Crippen molar-refractivity contribution in [3.63, 3.8) is 0 Å². The molecule has 0 aliphatic rings. The summed E-state index contributed by atoms with van der Waals surface area (Å²) in [6, 6.07) is 14.6. The molecule has 0 bridgehead atoms. The van der Waals surface area contributed by atoms with Crippen molar-refractivity contribution in [2.45, 2.75) is 26.7 Å². The Kier molecular flexibility index (Phi) is 5.84. The maximum atomic E-state index is 14.6. The molecule has 0 saturated carbocycles. The lowest BCUT2D eigenvalue weighted by molar-refractivity contribution is 0.279. The Bertz CT molecular complexity index is 910. The zero-order valence-electron chi connectivity index (χ0n) is 15.4. The average molecular weight is 370 g/mol. The quantitative estimate of drug-likeness (QED) is 0.428. The predicted molar refractivity (Wildman–Crippen MR) is 102 cm³/mol. The Morgan fingerprint density at radius 3 is 1.93 bits per heavy atom. The zero-order valence-corrected chi connectivity index (χ0v) is 15.4. The molecule has 0 radical (unpaired) electrons. The molecular formula is C23H21F3O. The molecule has 0 amide bonds. The minimum Gasteiger partial charge on any atom is -0.488 e. The van der Waals surface area contributed by atoms with Gasteiger partial charge >= 0.3 is 0 Å². The summed E-state index contributed by atoms with van der Waals surface area (Å²) in [7, 11) is 0. The minimum absolute atomic E-state index is 0.140. The summed E-state index contributed by atoms with van der Waals surface area (Å²) in [5.41, 5.74) is 2.98. The third-order valence-corrected chi connectivity index (χ3v) is 4.41. The van der Waals surface area contributed by atoms with Crippen LogP contribution in [0.5, 0.6) is 5.75 Å². The summed E-state index contributed by atoms with van der Waals surface area (Å²) in [5, 5.41) is 0. The summed E-state index contributed by atoms with van der Waals surface area (Å²) < 4.78 is 48.3. The number of halogens is 3. The molecule has 3 aromatic rings. The molecule has 0 unspecified atom stereocenters. The Labute approximate surface area is 157 Å². The fourth-order valence-corrected chi connectivity index (χ4v) is 2.85. The van der Waals surface area contributed by atoms with E-state index in [0.717, 1.165) is 29.7 Å². The van der Waals surface area contributed by atoms with Crippen molar-refractivity contribution in [2.75, 3.05) is 6.61 Å². The Morgan fingerprint density at radius 2 is 1.33 bits per heavy atom. The van der Waals surface area contributed by atoms with Crippen LogP contribution in [0.4, 0.5) is 13.2 Å². The second-order valence-corrected chi connectivity index (χ2v) is 6.53. The lowest BCUT2D eigenvalue weighted by atomic mass is 9.99. The summed E-state index contributed by atoms with van der Waals surface area (Å²) in [6.07, 6.45) is 1.57. The van der Waals surface area contributed by atoms with Crippen LogP contribution in [0.3, 0.4) is 0 Å². The first-order valence-electron chi connectivity index (χ1n) is 8.98. The van der Waals surface area contributed by atoms with Crippen molar-refractivity contribution in [1.29, 1.82) is 0 Å². The molecule has 0 fully saturated rings. The van der Waals surface area contributed by atoms with Crippen LogP contribution in [0.1, 0.15) is 25.3 Å². The highest BCUT2D eigenvalue weighted by molar-refractivity contribution is 5.71. The first-order chi connectivity index (χ1) is 13.0. The molecule has 0 saturated heterocycles. The summed E-state index contributed by atoms with van der Waals surface area (Å²) in [5.74, 6) is -2.61. The number of benzene rings is 3. The number of hydrogen-bond acceptors (Lipinski definition) is 1. The number of unbranched alkanes of at least 4 members (excludes halogenated alkanes) is 1. The van der Waals surface area contributed by atoms with Gasteiger partial charge in [0.25, 0.3) is 0 Å². The van der Waals surface area contributed by atoms with Crippen LogP contribution in [-0.4, -0.2) is 6.61 Å². The smallest absolute Gasteiger partial charge is 0.190 e. The van der Waals surface area contributed by atoms with Crippen LogP contribution in [-0.2, 0) is 0 Å². The molecule has 0 atom stereocenters. The molecule has 0 aliphatic heterocycles. The molecule has 0 N–H and O–H groups in total. The molecule has 1 nitrogen and oxygen atoms in total. The fraction of sp³-hybridized carbons (Fsp3) is 0.217. The van der Waals surface area contributed by atoms with Crippen LogP contribution in [0, 0.1) is 24.4 Å². The van der Waals surface area contributed by atoms with E-state index in [9.17, 15) is 13.2 Å². The van der Waals surface area contributed by atoms with E-state index in [-0.39, 0.29) is 17.7 Å². The molecule has 0 aromatic heterocycles. The van der Waals surface area contributed by atoms with Gasteiger partial charge in [0, 0.05) is 5.56 Å². The van der Waals surface area contributed by atoms with Gasteiger partial charge in [0.15, 0.2) is 17.4 Å². The summed E-state index contributed by atoms with van der Waals surface area (Å²) in [4.78, 5) is 0. The third-order valence-electron chi connectivity index (χ3n) is 4.41. The van der Waals surface area contributed by atoms with Gasteiger partial charge in [-0.15, -0.1) is 0 Å². The van der Waals surface area contributed by atoms with E-state index < -0.39 is 23.2 Å². The first kappa shape index (κ1) is 19.0. The molecule has 27 heavy (non-hydrogen) atoms. The van der Waals surface area contributed by atoms with E-state index in [1.165, 1.54) is 12.1 Å². The molecule has 140 valence electrons. The van der Waals surface area contributed by atoms with Crippen molar-refractivity contribution in [3.8, 4) is 28.0 Å². The van der Waals surface area contributed by atoms with E-state index in [1.54, 1.807) is 6.07 Å². The SMILES string of the molecule is CCCCOc1c(F)cc(-c2ccc(-c3ccc(C)cc3)cc2F)cc1F. The molecular weight excluding hydrogens is 349 g/mol. The number of aryl methyl sites for hydroxylation is 1. The van der Waals surface area contributed by atoms with Gasteiger partial charge in [-0.1, -0.05) is 55.3 Å². The van der Waals surface area contributed by atoms with Gasteiger partial charge in [0.05, 0.1) is 6.61 Å². The maximum Gasteiger partial charge on any atom is 0.190 e. The van der Waals surface area contributed by atoms with Gasteiger partial charge in [-0.2, -0.15) is 0 Å². The second-order valence-electron chi connectivity index (χ2n) is 6.53. The van der Waals surface area contributed by atoms with Crippen LogP contribution >= 0.6 is 0 Å². The van der Waals surface area contributed by atoms with E-state index in [2.05, 4.69) is 0 Å². The molecule has 0 heterocycles. The van der Waals surface area contributed by atoms with Gasteiger partial charge in [0.1, 0.15) is 5.82 Å².